The fraction of sp³-hybridized carbons (Fsp3) is 0.923. The Morgan fingerprint density at radius 2 is 2.05 bits per heavy atom. The van der Waals surface area contributed by atoms with Gasteiger partial charge in [0.2, 0.25) is 0 Å². The van der Waals surface area contributed by atoms with Gasteiger partial charge in [0.15, 0.2) is 6.29 Å². The number of carbonyl (C=O) groups is 1. The molecule has 0 saturated carbocycles. The van der Waals surface area contributed by atoms with Crippen LogP contribution in [0.4, 0.5) is 0 Å². The van der Waals surface area contributed by atoms with Crippen molar-refractivity contribution in [1.29, 1.82) is 0 Å². The van der Waals surface area contributed by atoms with E-state index in [1.807, 2.05) is 6.92 Å². The number of ether oxygens (including phenoxy) is 2. The minimum absolute atomic E-state index is 0. The molecule has 20 heavy (non-hydrogen) atoms. The van der Waals surface area contributed by atoms with Crippen molar-refractivity contribution in [1.82, 2.24) is 0 Å². The summed E-state index contributed by atoms with van der Waals surface area (Å²) >= 11 is 0. The van der Waals surface area contributed by atoms with Crippen LogP contribution in [0.1, 0.15) is 46.0 Å². The first kappa shape index (κ1) is 20.3. The second kappa shape index (κ2) is 10.1. The van der Waals surface area contributed by atoms with Crippen LogP contribution in [0.2, 0.25) is 0 Å². The van der Waals surface area contributed by atoms with Gasteiger partial charge in [-0.2, -0.15) is 0 Å². The summed E-state index contributed by atoms with van der Waals surface area (Å²) in [6, 6.07) is 0. The Balaban J connectivity index is 0.00000361. The van der Waals surface area contributed by atoms with Crippen LogP contribution in [0.25, 0.3) is 0 Å². The van der Waals surface area contributed by atoms with Crippen molar-refractivity contribution >= 4 is 5.97 Å². The fourth-order valence-electron chi connectivity index (χ4n) is 2.06. The Kier molecular flexibility index (Phi) is 10.3. The second-order valence-corrected chi connectivity index (χ2v) is 5.14. The number of hydrogen-bond acceptors (Lipinski definition) is 6. The normalized spacial score (nSPS) is 31.4. The van der Waals surface area contributed by atoms with Gasteiger partial charge in [-0.3, -0.25) is 0 Å². The predicted molar refractivity (Wildman–Crippen MR) is 65.0 cm³/mol. The van der Waals surface area contributed by atoms with Crippen molar-refractivity contribution in [2.75, 3.05) is 0 Å². The summed E-state index contributed by atoms with van der Waals surface area (Å²) in [6.45, 7) is 3.59. The van der Waals surface area contributed by atoms with Crippen LogP contribution in [0.15, 0.2) is 0 Å². The molecular weight excluding hydrogens is 275 g/mol. The third-order valence-corrected chi connectivity index (χ3v) is 3.30. The van der Waals surface area contributed by atoms with E-state index in [1.54, 1.807) is 6.92 Å². The van der Waals surface area contributed by atoms with E-state index in [9.17, 15) is 20.1 Å². The quantitative estimate of drug-likeness (QED) is 0.375. The molecule has 1 heterocycles. The molecule has 6 nitrogen and oxygen atoms in total. The van der Waals surface area contributed by atoms with Crippen LogP contribution < -0.4 is 34.7 Å². The van der Waals surface area contributed by atoms with E-state index >= 15 is 0 Å². The van der Waals surface area contributed by atoms with Crippen LogP contribution in [-0.4, -0.2) is 46.9 Å². The first-order valence-corrected chi connectivity index (χ1v) is 6.77. The molecule has 0 spiro atoms. The Labute approximate surface area is 141 Å². The Bertz CT molecular complexity index is 288. The zero-order valence-corrected chi connectivity index (χ0v) is 14.4. The van der Waals surface area contributed by atoms with Crippen molar-refractivity contribution in [2.45, 2.75) is 76.7 Å². The molecule has 1 rings (SSSR count). The smallest absolute Gasteiger partial charge is 0.550 e. The molecule has 7 heteroatoms. The summed E-state index contributed by atoms with van der Waals surface area (Å²) in [5.74, 6) is -1.04. The van der Waals surface area contributed by atoms with Gasteiger partial charge in [0.1, 0.15) is 6.10 Å². The summed E-state index contributed by atoms with van der Waals surface area (Å²) in [4.78, 5) is 10.3. The molecule has 2 N–H and O–H groups in total. The van der Waals surface area contributed by atoms with E-state index in [0.29, 0.717) is 12.8 Å². The first-order valence-electron chi connectivity index (χ1n) is 6.77. The maximum atomic E-state index is 10.3. The Morgan fingerprint density at radius 3 is 2.65 bits per heavy atom. The topological polar surface area (TPSA) is 99.1 Å². The number of aliphatic hydroxyl groups is 2. The summed E-state index contributed by atoms with van der Waals surface area (Å²) in [5, 5.41) is 29.5. The molecule has 0 amide bonds. The fourth-order valence-corrected chi connectivity index (χ4v) is 2.06. The van der Waals surface area contributed by atoms with Gasteiger partial charge in [-0.05, 0) is 33.1 Å². The van der Waals surface area contributed by atoms with E-state index < -0.39 is 24.5 Å². The largest absolute Gasteiger partial charge is 1.00 e. The maximum Gasteiger partial charge on any atom is 1.00 e. The summed E-state index contributed by atoms with van der Waals surface area (Å²) in [5.41, 5.74) is 0. The third kappa shape index (κ3) is 7.36. The number of carboxylic acids is 1. The SMILES string of the molecule is CC(CCCCC(=O)[O-])OC1OC(C)C(O)CC1O.[Na+]. The van der Waals surface area contributed by atoms with Gasteiger partial charge < -0.3 is 29.6 Å². The molecule has 0 aromatic rings. The molecule has 1 aliphatic heterocycles. The van der Waals surface area contributed by atoms with Crippen molar-refractivity contribution in [3.05, 3.63) is 0 Å². The molecule has 112 valence electrons. The zero-order chi connectivity index (χ0) is 14.4. The van der Waals surface area contributed by atoms with E-state index in [-0.39, 0.29) is 54.6 Å². The van der Waals surface area contributed by atoms with E-state index in [2.05, 4.69) is 0 Å². The molecule has 5 unspecified atom stereocenters. The minimum atomic E-state index is -1.04. The Morgan fingerprint density at radius 1 is 1.40 bits per heavy atom. The average molecular weight is 298 g/mol. The molecule has 0 aromatic carbocycles. The summed E-state index contributed by atoms with van der Waals surface area (Å²) < 4.78 is 11.0. The minimum Gasteiger partial charge on any atom is -0.550 e. The molecule has 0 radical (unpaired) electrons. The van der Waals surface area contributed by atoms with E-state index in [1.165, 1.54) is 0 Å². The molecule has 0 aromatic heterocycles. The maximum absolute atomic E-state index is 10.3. The predicted octanol–water partition coefficient (Wildman–Crippen LogP) is -3.44. The Hall–Kier alpha value is 0.310. The van der Waals surface area contributed by atoms with Crippen molar-refractivity contribution in [3.8, 4) is 0 Å². The van der Waals surface area contributed by atoms with Crippen molar-refractivity contribution < 1.29 is 59.1 Å². The number of aliphatic carboxylic acids is 1. The molecule has 0 aliphatic carbocycles. The number of aliphatic hydroxyl groups excluding tert-OH is 2. The average Bonchev–Trinajstić information content (AvgIpc) is 2.31. The van der Waals surface area contributed by atoms with Crippen molar-refractivity contribution in [2.24, 2.45) is 0 Å². The van der Waals surface area contributed by atoms with Crippen molar-refractivity contribution in [3.63, 3.8) is 0 Å². The number of carbonyl (C=O) groups excluding carboxylic acids is 1. The van der Waals surface area contributed by atoms with Gasteiger partial charge >= 0.3 is 29.6 Å². The van der Waals surface area contributed by atoms with Crippen LogP contribution >= 0.6 is 0 Å². The molecule has 5 atom stereocenters. The molecule has 1 saturated heterocycles. The molecule has 0 bridgehead atoms. The van der Waals surface area contributed by atoms with Crippen LogP contribution in [0, 0.1) is 0 Å². The van der Waals surface area contributed by atoms with Gasteiger partial charge in [-0.25, -0.2) is 0 Å². The monoisotopic (exact) mass is 298 g/mol. The van der Waals surface area contributed by atoms with Crippen LogP contribution in [0.3, 0.4) is 0 Å². The standard InChI is InChI=1S/C13H24O6.Na/c1-8(5-3-4-6-12(16)17)18-13-11(15)7-10(14)9(2)19-13;/h8-11,13-15H,3-7H2,1-2H3,(H,16,17);/q;+1/p-1. The third-order valence-electron chi connectivity index (χ3n) is 3.30. The van der Waals surface area contributed by atoms with E-state index in [4.69, 9.17) is 9.47 Å². The molecule has 1 fully saturated rings. The van der Waals surface area contributed by atoms with Gasteiger partial charge in [-0.1, -0.05) is 6.42 Å². The number of hydrogen-bond donors (Lipinski definition) is 2. The summed E-state index contributed by atoms with van der Waals surface area (Å²) in [6.07, 6.45) is -0.476. The van der Waals surface area contributed by atoms with Gasteiger partial charge in [0, 0.05) is 12.4 Å². The van der Waals surface area contributed by atoms with Crippen LogP contribution in [-0.2, 0) is 14.3 Å². The first-order chi connectivity index (χ1) is 8.90. The molecular formula is C13H23NaO6. The number of unbranched alkanes of at least 4 members (excludes halogenated alkanes) is 1. The van der Waals surface area contributed by atoms with E-state index in [0.717, 1.165) is 6.42 Å². The zero-order valence-electron chi connectivity index (χ0n) is 12.4. The second-order valence-electron chi connectivity index (χ2n) is 5.14. The summed E-state index contributed by atoms with van der Waals surface area (Å²) in [7, 11) is 0. The van der Waals surface area contributed by atoms with Gasteiger partial charge in [0.05, 0.1) is 18.3 Å². The van der Waals surface area contributed by atoms with Crippen LogP contribution in [0.5, 0.6) is 0 Å². The van der Waals surface area contributed by atoms with Gasteiger partial charge in [0.25, 0.3) is 0 Å². The van der Waals surface area contributed by atoms with Gasteiger partial charge in [-0.15, -0.1) is 0 Å². The molecule has 1 aliphatic rings. The number of rotatable bonds is 7. The number of carboxylic acid groups (broad SMARTS) is 1.